The van der Waals surface area contributed by atoms with Gasteiger partial charge in [-0.25, -0.2) is 5.84 Å². The maximum atomic E-state index is 13.8. The Morgan fingerprint density at radius 1 is 1.05 bits per heavy atom. The number of hydrazine groups is 2. The number of nitrogens with two attached hydrogens (primary N) is 2. The molecule has 10 N–H and O–H groups in total. The number of nitrogens with zero attached hydrogens (tertiary/aromatic N) is 3. The average molecular weight is 610 g/mol. The van der Waals surface area contributed by atoms with Crippen LogP contribution < -0.4 is 43.8 Å². The zero-order chi connectivity index (χ0) is 32.3. The molecule has 242 valence electrons. The minimum atomic E-state index is -1.09. The van der Waals surface area contributed by atoms with E-state index >= 15 is 0 Å². The molecule has 0 spiro atoms. The second kappa shape index (κ2) is 16.1. The van der Waals surface area contributed by atoms with Crippen LogP contribution in [0.25, 0.3) is 0 Å². The van der Waals surface area contributed by atoms with Crippen LogP contribution in [0.2, 0.25) is 0 Å². The summed E-state index contributed by atoms with van der Waals surface area (Å²) in [5.41, 5.74) is 4.16. The Morgan fingerprint density at radius 3 is 2.26 bits per heavy atom. The fourth-order valence-corrected chi connectivity index (χ4v) is 4.55. The Bertz CT molecular complexity index is 1070. The van der Waals surface area contributed by atoms with E-state index < -0.39 is 65.5 Å². The monoisotopic (exact) mass is 609 g/mol. The zero-order valence-corrected chi connectivity index (χ0v) is 25.6. The molecule has 0 aromatic carbocycles. The van der Waals surface area contributed by atoms with Crippen molar-refractivity contribution >= 4 is 41.2 Å². The molecule has 0 aromatic heterocycles. The summed E-state index contributed by atoms with van der Waals surface area (Å²) >= 11 is 0. The quantitative estimate of drug-likeness (QED) is 0.0230. The molecule has 0 bridgehead atoms. The van der Waals surface area contributed by atoms with E-state index in [1.807, 2.05) is 0 Å². The van der Waals surface area contributed by atoms with Gasteiger partial charge >= 0.3 is 0 Å². The van der Waals surface area contributed by atoms with Crippen LogP contribution in [0.3, 0.4) is 0 Å². The van der Waals surface area contributed by atoms with Crippen LogP contribution in [0.1, 0.15) is 66.7 Å². The van der Waals surface area contributed by atoms with E-state index in [2.05, 4.69) is 37.2 Å². The molecule has 2 rings (SSSR count). The number of likely N-dealkylation sites (tertiary alicyclic amines) is 1. The molecule has 2 fully saturated rings. The van der Waals surface area contributed by atoms with E-state index in [-0.39, 0.29) is 31.4 Å². The number of hydrazone groups is 1. The predicted octanol–water partition coefficient (Wildman–Crippen LogP) is -3.11. The molecule has 1 saturated heterocycles. The van der Waals surface area contributed by atoms with Crippen molar-refractivity contribution < 1.29 is 28.8 Å². The highest BCUT2D eigenvalue weighted by atomic mass is 16.2. The van der Waals surface area contributed by atoms with Gasteiger partial charge in [-0.2, -0.15) is 10.1 Å². The maximum absolute atomic E-state index is 13.8. The molecule has 0 aromatic rings. The van der Waals surface area contributed by atoms with Gasteiger partial charge in [0.1, 0.15) is 24.1 Å². The lowest BCUT2D eigenvalue weighted by Gasteiger charge is -2.36. The minimum absolute atomic E-state index is 0.000840. The van der Waals surface area contributed by atoms with Crippen molar-refractivity contribution in [1.29, 1.82) is 0 Å². The number of hydrogen-bond donors (Lipinski definition) is 8. The number of ketones is 1. The van der Waals surface area contributed by atoms with Crippen molar-refractivity contribution in [2.24, 2.45) is 22.2 Å². The Kier molecular flexibility index (Phi) is 13.3. The molecule has 1 saturated carbocycles. The molecule has 17 nitrogen and oxygen atoms in total. The van der Waals surface area contributed by atoms with E-state index in [1.54, 1.807) is 34.6 Å². The summed E-state index contributed by atoms with van der Waals surface area (Å²) in [6, 6.07) is -1.87. The Labute approximate surface area is 251 Å². The number of likely N-dealkylation sites (N-methyl/N-ethyl adjacent to an activating group) is 2. The predicted molar refractivity (Wildman–Crippen MR) is 157 cm³/mol. The third kappa shape index (κ3) is 10.4. The average Bonchev–Trinajstić information content (AvgIpc) is 3.64. The molecule has 0 radical (unpaired) electrons. The number of nitrogens with one attached hydrogen (secondary N) is 6. The molecular formula is C26H47N11O6. The van der Waals surface area contributed by atoms with Gasteiger partial charge in [0.2, 0.25) is 17.7 Å². The molecule has 2 aliphatic rings. The SMILES string of the molecule is CCNC(C(=O)C(=O)NC1CC1)N(CC)NC(=O)C1CCCN1C(=O)C(NC(=O)CNC(=O)C/C(=N/N)NN)C(C)(C)C. The van der Waals surface area contributed by atoms with Crippen LogP contribution in [0.15, 0.2) is 5.10 Å². The van der Waals surface area contributed by atoms with Gasteiger partial charge in [-0.1, -0.05) is 34.6 Å². The first kappa shape index (κ1) is 35.4. The number of amidine groups is 1. The number of carbonyl (C=O) groups excluding carboxylic acids is 6. The van der Waals surface area contributed by atoms with Crippen LogP contribution in [0, 0.1) is 5.41 Å². The fourth-order valence-electron chi connectivity index (χ4n) is 4.55. The molecule has 3 atom stereocenters. The smallest absolute Gasteiger partial charge is 0.290 e. The number of carbonyl (C=O) groups is 6. The summed E-state index contributed by atoms with van der Waals surface area (Å²) in [5.74, 6) is 6.75. The summed E-state index contributed by atoms with van der Waals surface area (Å²) in [6.07, 6.45) is 1.22. The number of Topliss-reactive ketones (excluding diaryl/α,β-unsaturated/α-hetero) is 1. The molecule has 1 heterocycles. The minimum Gasteiger partial charge on any atom is -0.347 e. The highest BCUT2D eigenvalue weighted by molar-refractivity contribution is 6.38. The summed E-state index contributed by atoms with van der Waals surface area (Å²) in [7, 11) is 0. The second-order valence-corrected chi connectivity index (χ2v) is 11.6. The van der Waals surface area contributed by atoms with Crippen LogP contribution in [-0.4, -0.2) is 102 Å². The summed E-state index contributed by atoms with van der Waals surface area (Å²) < 4.78 is 0. The van der Waals surface area contributed by atoms with E-state index in [0.717, 1.165) is 12.8 Å². The van der Waals surface area contributed by atoms with Gasteiger partial charge in [-0.3, -0.25) is 39.5 Å². The summed E-state index contributed by atoms with van der Waals surface area (Å²) in [4.78, 5) is 78.8. The molecular weight excluding hydrogens is 562 g/mol. The lowest BCUT2D eigenvalue weighted by molar-refractivity contribution is -0.148. The number of rotatable bonds is 15. The van der Waals surface area contributed by atoms with E-state index in [4.69, 9.17) is 11.7 Å². The van der Waals surface area contributed by atoms with E-state index in [0.29, 0.717) is 19.4 Å². The van der Waals surface area contributed by atoms with Crippen LogP contribution in [0.5, 0.6) is 0 Å². The number of hydrogen-bond acceptors (Lipinski definition) is 11. The van der Waals surface area contributed by atoms with Gasteiger partial charge in [0.25, 0.3) is 17.6 Å². The summed E-state index contributed by atoms with van der Waals surface area (Å²) in [6.45, 7) is 9.28. The third-order valence-electron chi connectivity index (χ3n) is 7.04. The topological polar surface area (TPSA) is 245 Å². The van der Waals surface area contributed by atoms with Gasteiger partial charge in [0, 0.05) is 19.1 Å². The van der Waals surface area contributed by atoms with Gasteiger partial charge in [-0.15, -0.1) is 0 Å². The standard InChI is InChI=1S/C26H47N11O6/c1-6-29-22(20(40)24(42)31-15-10-11-15)37(7-2)35-23(41)16-9-8-12-36(16)25(43)21(26(3,4)5)32-19(39)14-30-18(38)13-17(33-27)34-28/h15-16,21-22,29H,6-14,27-28H2,1-5H3,(H,30,38)(H,31,42)(H,32,39)(H,33,34)(H,35,41). The highest BCUT2D eigenvalue weighted by Crippen LogP contribution is 2.26. The van der Waals surface area contributed by atoms with Crippen LogP contribution >= 0.6 is 0 Å². The van der Waals surface area contributed by atoms with Gasteiger partial charge in [0.05, 0.1) is 13.0 Å². The van der Waals surface area contributed by atoms with Gasteiger partial charge < -0.3 is 32.1 Å². The lowest BCUT2D eigenvalue weighted by atomic mass is 9.85. The molecule has 3 unspecified atom stereocenters. The fraction of sp³-hybridized carbons (Fsp3) is 0.731. The molecule has 43 heavy (non-hydrogen) atoms. The second-order valence-electron chi connectivity index (χ2n) is 11.6. The first-order valence-corrected chi connectivity index (χ1v) is 14.5. The van der Waals surface area contributed by atoms with Crippen molar-refractivity contribution in [2.75, 3.05) is 26.2 Å². The Balaban J connectivity index is 2.10. The van der Waals surface area contributed by atoms with Crippen molar-refractivity contribution in [3.8, 4) is 0 Å². The molecule has 17 heteroatoms. The van der Waals surface area contributed by atoms with Crippen molar-refractivity contribution in [2.45, 2.75) is 91.0 Å². The molecule has 1 aliphatic carbocycles. The Hall–Kier alpha value is -3.83. The van der Waals surface area contributed by atoms with E-state index in [9.17, 15) is 28.8 Å². The molecule has 5 amide bonds. The zero-order valence-electron chi connectivity index (χ0n) is 25.6. The maximum Gasteiger partial charge on any atom is 0.290 e. The van der Waals surface area contributed by atoms with Gasteiger partial charge in [0.15, 0.2) is 0 Å². The Morgan fingerprint density at radius 2 is 1.72 bits per heavy atom. The van der Waals surface area contributed by atoms with Crippen molar-refractivity contribution in [3.05, 3.63) is 0 Å². The van der Waals surface area contributed by atoms with Crippen LogP contribution in [0.4, 0.5) is 0 Å². The van der Waals surface area contributed by atoms with Gasteiger partial charge in [-0.05, 0) is 37.6 Å². The lowest BCUT2D eigenvalue weighted by Crippen LogP contribution is -2.63. The first-order chi connectivity index (χ1) is 20.3. The normalized spacial score (nSPS) is 18.4. The van der Waals surface area contributed by atoms with Crippen molar-refractivity contribution in [3.63, 3.8) is 0 Å². The van der Waals surface area contributed by atoms with E-state index in [1.165, 1.54) is 9.91 Å². The van der Waals surface area contributed by atoms with Crippen molar-refractivity contribution in [1.82, 2.24) is 42.0 Å². The highest BCUT2D eigenvalue weighted by Gasteiger charge is 2.43. The number of amides is 5. The largest absolute Gasteiger partial charge is 0.347 e. The van der Waals surface area contributed by atoms with Crippen LogP contribution in [-0.2, 0) is 28.8 Å². The first-order valence-electron chi connectivity index (χ1n) is 14.5. The third-order valence-corrected chi connectivity index (χ3v) is 7.04. The molecule has 1 aliphatic heterocycles. The summed E-state index contributed by atoms with van der Waals surface area (Å²) in [5, 5.41) is 15.4.